The molecule has 0 saturated carbocycles. The van der Waals surface area contributed by atoms with Crippen molar-refractivity contribution in [2.24, 2.45) is 5.92 Å². The fraction of sp³-hybridized carbons (Fsp3) is 0.789. The van der Waals surface area contributed by atoms with Gasteiger partial charge in [0.1, 0.15) is 5.76 Å². The van der Waals surface area contributed by atoms with Crippen LogP contribution >= 0.6 is 0 Å². The van der Waals surface area contributed by atoms with E-state index < -0.39 is 0 Å². The third kappa shape index (κ3) is 8.00. The molecule has 0 aliphatic carbocycles. The molecule has 2 aliphatic heterocycles. The molecule has 128 valence electrons. The van der Waals surface area contributed by atoms with Gasteiger partial charge in [-0.25, -0.2) is 0 Å². The van der Waals surface area contributed by atoms with Crippen molar-refractivity contribution in [1.82, 2.24) is 4.90 Å². The minimum absolute atomic E-state index is 0.519. The maximum Gasteiger partial charge on any atom is 0.106 e. The Morgan fingerprint density at radius 1 is 1.09 bits per heavy atom. The summed E-state index contributed by atoms with van der Waals surface area (Å²) in [5, 5.41) is 0. The van der Waals surface area contributed by atoms with E-state index in [1.54, 1.807) is 6.26 Å². The average Bonchev–Trinajstić information content (AvgIpc) is 2.97. The molecule has 2 saturated heterocycles. The average molecular weight is 309 g/mol. The van der Waals surface area contributed by atoms with Crippen molar-refractivity contribution in [2.75, 3.05) is 19.7 Å². The van der Waals surface area contributed by atoms with Crippen LogP contribution in [-0.4, -0.2) is 36.7 Å². The van der Waals surface area contributed by atoms with Gasteiger partial charge in [-0.15, -0.1) is 0 Å². The van der Waals surface area contributed by atoms with Gasteiger partial charge >= 0.3 is 0 Å². The smallest absolute Gasteiger partial charge is 0.106 e. The molecule has 2 fully saturated rings. The lowest BCUT2D eigenvalue weighted by atomic mass is 10.1. The van der Waals surface area contributed by atoms with Gasteiger partial charge in [0.15, 0.2) is 0 Å². The molecular weight excluding hydrogens is 274 g/mol. The number of rotatable bonds is 3. The second kappa shape index (κ2) is 10.1. The molecule has 0 N–H and O–H groups in total. The molecule has 3 heteroatoms. The minimum atomic E-state index is 0.519. The molecule has 0 aromatic carbocycles. The number of ether oxygens (including phenoxy) is 1. The lowest BCUT2D eigenvalue weighted by Crippen LogP contribution is -2.12. The highest BCUT2D eigenvalue weighted by atomic mass is 16.5. The minimum Gasteiger partial charge on any atom is -0.469 e. The van der Waals surface area contributed by atoms with Gasteiger partial charge in [0.05, 0.1) is 12.4 Å². The summed E-state index contributed by atoms with van der Waals surface area (Å²) in [4.78, 5) is 2.42. The topological polar surface area (TPSA) is 25.4 Å². The third-order valence-corrected chi connectivity index (χ3v) is 4.03. The van der Waals surface area contributed by atoms with Crippen LogP contribution < -0.4 is 0 Å². The molecule has 3 heterocycles. The molecule has 0 amide bonds. The molecule has 1 aromatic rings. The molecule has 0 radical (unpaired) electrons. The highest BCUT2D eigenvalue weighted by Gasteiger charge is 2.19. The van der Waals surface area contributed by atoms with E-state index in [2.05, 4.69) is 46.4 Å². The standard InChI is InChI=1S/C7H14O.C7H10O.C5H11N/c2*1-6(2)7-4-3-5-8-7;1-5(2)6-3-4-6/h6-7H,3-5H2,1-2H3;3-6H,1-2H3;5H,3-4H2,1-2H3. The zero-order valence-corrected chi connectivity index (χ0v) is 15.3. The summed E-state index contributed by atoms with van der Waals surface area (Å²) in [6.07, 6.45) is 4.81. The first-order valence-corrected chi connectivity index (χ1v) is 8.80. The van der Waals surface area contributed by atoms with Crippen LogP contribution in [0.4, 0.5) is 0 Å². The summed E-state index contributed by atoms with van der Waals surface area (Å²) < 4.78 is 10.5. The second-order valence-corrected chi connectivity index (χ2v) is 7.10. The second-order valence-electron chi connectivity index (χ2n) is 7.10. The van der Waals surface area contributed by atoms with Crippen LogP contribution in [0.15, 0.2) is 22.8 Å². The van der Waals surface area contributed by atoms with Gasteiger partial charge in [-0.2, -0.15) is 0 Å². The van der Waals surface area contributed by atoms with E-state index >= 15 is 0 Å². The quantitative estimate of drug-likeness (QED) is 0.740. The summed E-state index contributed by atoms with van der Waals surface area (Å²) >= 11 is 0. The Morgan fingerprint density at radius 3 is 1.95 bits per heavy atom. The number of nitrogens with zero attached hydrogens (tertiary/aromatic N) is 1. The van der Waals surface area contributed by atoms with Gasteiger partial charge in [-0.1, -0.05) is 27.7 Å². The Kier molecular flexibility index (Phi) is 8.81. The predicted molar refractivity (Wildman–Crippen MR) is 93.3 cm³/mol. The van der Waals surface area contributed by atoms with E-state index in [4.69, 9.17) is 9.15 Å². The van der Waals surface area contributed by atoms with Crippen LogP contribution in [0.1, 0.15) is 66.1 Å². The molecule has 3 rings (SSSR count). The maximum atomic E-state index is 5.41. The summed E-state index contributed by atoms with van der Waals surface area (Å²) in [7, 11) is 0. The molecule has 1 atom stereocenters. The zero-order valence-electron chi connectivity index (χ0n) is 15.3. The first kappa shape index (κ1) is 19.2. The summed E-state index contributed by atoms with van der Waals surface area (Å²) in [5.41, 5.74) is 0. The summed E-state index contributed by atoms with van der Waals surface area (Å²) in [6.45, 7) is 16.8. The largest absolute Gasteiger partial charge is 0.469 e. The molecule has 0 spiro atoms. The van der Waals surface area contributed by atoms with Crippen LogP contribution in [-0.2, 0) is 4.74 Å². The molecule has 1 aromatic heterocycles. The maximum absolute atomic E-state index is 5.41. The molecule has 22 heavy (non-hydrogen) atoms. The Hall–Kier alpha value is -0.800. The van der Waals surface area contributed by atoms with Crippen LogP contribution in [0.2, 0.25) is 0 Å². The van der Waals surface area contributed by atoms with Gasteiger partial charge in [0.2, 0.25) is 0 Å². The lowest BCUT2D eigenvalue weighted by molar-refractivity contribution is 0.0758. The fourth-order valence-electron chi connectivity index (χ4n) is 2.32. The van der Waals surface area contributed by atoms with Crippen molar-refractivity contribution in [3.63, 3.8) is 0 Å². The first-order valence-electron chi connectivity index (χ1n) is 8.80. The van der Waals surface area contributed by atoms with Crippen molar-refractivity contribution in [3.8, 4) is 0 Å². The third-order valence-electron chi connectivity index (χ3n) is 4.03. The Morgan fingerprint density at radius 2 is 1.77 bits per heavy atom. The monoisotopic (exact) mass is 309 g/mol. The molecule has 1 unspecified atom stereocenters. The Balaban J connectivity index is 0.000000167. The molecular formula is C19H35NO2. The van der Waals surface area contributed by atoms with E-state index in [1.165, 1.54) is 25.9 Å². The van der Waals surface area contributed by atoms with E-state index in [-0.39, 0.29) is 0 Å². The van der Waals surface area contributed by atoms with E-state index in [0.717, 1.165) is 24.3 Å². The van der Waals surface area contributed by atoms with E-state index in [9.17, 15) is 0 Å². The van der Waals surface area contributed by atoms with Gasteiger partial charge in [-0.3, -0.25) is 4.90 Å². The fourth-order valence-corrected chi connectivity index (χ4v) is 2.32. The first-order chi connectivity index (χ1) is 10.4. The molecule has 3 nitrogen and oxygen atoms in total. The zero-order chi connectivity index (χ0) is 16.5. The molecule has 2 aliphatic rings. The Bertz CT molecular complexity index is 361. The van der Waals surface area contributed by atoms with Crippen molar-refractivity contribution >= 4 is 0 Å². The van der Waals surface area contributed by atoms with Crippen LogP contribution in [0, 0.1) is 5.92 Å². The van der Waals surface area contributed by atoms with Crippen molar-refractivity contribution in [2.45, 2.75) is 72.4 Å². The predicted octanol–water partition coefficient (Wildman–Crippen LogP) is 4.93. The van der Waals surface area contributed by atoms with Crippen LogP contribution in [0.25, 0.3) is 0 Å². The van der Waals surface area contributed by atoms with Gasteiger partial charge in [0.25, 0.3) is 0 Å². The highest BCUT2D eigenvalue weighted by molar-refractivity contribution is 5.02. The van der Waals surface area contributed by atoms with Gasteiger partial charge in [-0.05, 0) is 44.7 Å². The Labute approximate surface area is 137 Å². The summed E-state index contributed by atoms with van der Waals surface area (Å²) in [5.74, 6) is 2.30. The number of hydrogen-bond acceptors (Lipinski definition) is 3. The molecule has 0 bridgehead atoms. The van der Waals surface area contributed by atoms with Crippen molar-refractivity contribution in [3.05, 3.63) is 24.2 Å². The SMILES string of the molecule is CC(C)C1CCCO1.CC(C)N1CC1.CC(C)c1ccco1. The van der Waals surface area contributed by atoms with Crippen molar-refractivity contribution < 1.29 is 9.15 Å². The highest BCUT2D eigenvalue weighted by Crippen LogP contribution is 2.18. The van der Waals surface area contributed by atoms with E-state index in [1.807, 2.05) is 12.1 Å². The van der Waals surface area contributed by atoms with Crippen LogP contribution in [0.5, 0.6) is 0 Å². The van der Waals surface area contributed by atoms with Gasteiger partial charge < -0.3 is 9.15 Å². The van der Waals surface area contributed by atoms with Gasteiger partial charge in [0, 0.05) is 31.7 Å². The van der Waals surface area contributed by atoms with E-state index in [0.29, 0.717) is 12.0 Å². The van der Waals surface area contributed by atoms with Crippen LogP contribution in [0.3, 0.4) is 0 Å². The number of furan rings is 1. The summed E-state index contributed by atoms with van der Waals surface area (Å²) in [6, 6.07) is 4.70. The lowest BCUT2D eigenvalue weighted by Gasteiger charge is -2.11. The van der Waals surface area contributed by atoms with Crippen molar-refractivity contribution in [1.29, 1.82) is 0 Å². The number of hydrogen-bond donors (Lipinski definition) is 0. The normalized spacial score (nSPS) is 20.7.